The van der Waals surface area contributed by atoms with Crippen molar-refractivity contribution in [1.29, 1.82) is 0 Å². The average Bonchev–Trinajstić information content (AvgIpc) is 2.41. The van der Waals surface area contributed by atoms with E-state index < -0.39 is 0 Å². The normalized spacial score (nSPS) is 10.8. The molecule has 0 radical (unpaired) electrons. The molecule has 0 amide bonds. The van der Waals surface area contributed by atoms with Crippen LogP contribution in [0.4, 0.5) is 4.39 Å². The first-order chi connectivity index (χ1) is 9.65. The van der Waals surface area contributed by atoms with Crippen LogP contribution < -0.4 is 0 Å². The van der Waals surface area contributed by atoms with Crippen LogP contribution in [0.3, 0.4) is 0 Å². The molecule has 0 saturated heterocycles. The van der Waals surface area contributed by atoms with Crippen molar-refractivity contribution in [2.75, 3.05) is 0 Å². The van der Waals surface area contributed by atoms with Gasteiger partial charge in [-0.25, -0.2) is 4.39 Å². The van der Waals surface area contributed by atoms with Gasteiger partial charge in [0.15, 0.2) is 5.78 Å². The Morgan fingerprint density at radius 1 is 1.05 bits per heavy atom. The SMILES string of the molecule is CCCCCCCCCCC(=O)c1ccc(F)cc1I. The second kappa shape index (κ2) is 10.3. The van der Waals surface area contributed by atoms with Crippen molar-refractivity contribution in [2.24, 2.45) is 0 Å². The van der Waals surface area contributed by atoms with E-state index in [1.165, 1.54) is 50.7 Å². The summed E-state index contributed by atoms with van der Waals surface area (Å²) in [6, 6.07) is 4.38. The lowest BCUT2D eigenvalue weighted by atomic mass is 10.0. The van der Waals surface area contributed by atoms with Gasteiger partial charge in [0, 0.05) is 15.6 Å². The van der Waals surface area contributed by atoms with Crippen LogP contribution >= 0.6 is 22.6 Å². The molecule has 3 heteroatoms. The Bertz CT molecular complexity index is 417. The maximum absolute atomic E-state index is 13.0. The monoisotopic (exact) mass is 390 g/mol. The molecule has 0 atom stereocenters. The number of hydrogen-bond donors (Lipinski definition) is 0. The number of rotatable bonds is 10. The molecule has 1 nitrogen and oxygen atoms in total. The molecule has 112 valence electrons. The fourth-order valence-electron chi connectivity index (χ4n) is 2.27. The standard InChI is InChI=1S/C17H24FIO/c1-2-3-4-5-6-7-8-9-10-17(20)15-12-11-14(18)13-16(15)19/h11-13H,2-10H2,1H3. The summed E-state index contributed by atoms with van der Waals surface area (Å²) in [5.74, 6) is -0.140. The van der Waals surface area contributed by atoms with Gasteiger partial charge in [0.25, 0.3) is 0 Å². The van der Waals surface area contributed by atoms with Crippen LogP contribution in [-0.2, 0) is 0 Å². The highest BCUT2D eigenvalue weighted by Crippen LogP contribution is 2.17. The van der Waals surface area contributed by atoms with Gasteiger partial charge >= 0.3 is 0 Å². The number of benzene rings is 1. The van der Waals surface area contributed by atoms with Gasteiger partial charge in [0.2, 0.25) is 0 Å². The third kappa shape index (κ3) is 6.82. The number of ketones is 1. The van der Waals surface area contributed by atoms with Gasteiger partial charge in [-0.15, -0.1) is 0 Å². The third-order valence-electron chi connectivity index (χ3n) is 3.49. The van der Waals surface area contributed by atoms with E-state index in [1.54, 1.807) is 6.07 Å². The van der Waals surface area contributed by atoms with Gasteiger partial charge < -0.3 is 0 Å². The number of Topliss-reactive ketones (excluding diaryl/α,β-unsaturated/α-hetero) is 1. The van der Waals surface area contributed by atoms with E-state index in [1.807, 2.05) is 22.6 Å². The highest BCUT2D eigenvalue weighted by atomic mass is 127. The minimum absolute atomic E-state index is 0.139. The molecule has 1 rings (SSSR count). The number of unbranched alkanes of at least 4 members (excludes halogenated alkanes) is 7. The molecular formula is C17H24FIO. The van der Waals surface area contributed by atoms with Crippen molar-refractivity contribution in [3.63, 3.8) is 0 Å². The molecule has 0 bridgehead atoms. The number of carbonyl (C=O) groups is 1. The highest BCUT2D eigenvalue weighted by Gasteiger charge is 2.10. The van der Waals surface area contributed by atoms with Crippen molar-refractivity contribution < 1.29 is 9.18 Å². The lowest BCUT2D eigenvalue weighted by Crippen LogP contribution is -2.02. The van der Waals surface area contributed by atoms with Crippen molar-refractivity contribution >= 4 is 28.4 Å². The van der Waals surface area contributed by atoms with Crippen LogP contribution in [0.5, 0.6) is 0 Å². The summed E-state index contributed by atoms with van der Waals surface area (Å²) in [5.41, 5.74) is 0.662. The zero-order valence-corrected chi connectivity index (χ0v) is 14.4. The molecule has 20 heavy (non-hydrogen) atoms. The van der Waals surface area contributed by atoms with Gasteiger partial charge in [0.1, 0.15) is 5.82 Å². The molecule has 0 saturated carbocycles. The van der Waals surface area contributed by atoms with E-state index in [9.17, 15) is 9.18 Å². The fraction of sp³-hybridized carbons (Fsp3) is 0.588. The van der Waals surface area contributed by atoms with E-state index in [4.69, 9.17) is 0 Å². The van der Waals surface area contributed by atoms with E-state index in [0.717, 1.165) is 12.8 Å². The van der Waals surface area contributed by atoms with Crippen LogP contribution in [0.15, 0.2) is 18.2 Å². The molecule has 0 aromatic heterocycles. The Kier molecular flexibility index (Phi) is 9.07. The van der Waals surface area contributed by atoms with E-state index in [-0.39, 0.29) is 11.6 Å². The van der Waals surface area contributed by atoms with Gasteiger partial charge in [-0.05, 0) is 47.2 Å². The first-order valence-corrected chi connectivity index (χ1v) is 8.71. The van der Waals surface area contributed by atoms with Crippen LogP contribution in [-0.4, -0.2) is 5.78 Å². The second-order valence-corrected chi connectivity index (χ2v) is 6.43. The van der Waals surface area contributed by atoms with Gasteiger partial charge in [0.05, 0.1) is 0 Å². The fourth-order valence-corrected chi connectivity index (χ4v) is 3.05. The first kappa shape index (κ1) is 17.6. The predicted octanol–water partition coefficient (Wildman–Crippen LogP) is 6.14. The quantitative estimate of drug-likeness (QED) is 0.266. The minimum Gasteiger partial charge on any atom is -0.294 e. The Morgan fingerprint density at radius 2 is 1.65 bits per heavy atom. The lowest BCUT2D eigenvalue weighted by molar-refractivity contribution is 0.0978. The average molecular weight is 390 g/mol. The van der Waals surface area contributed by atoms with Crippen molar-refractivity contribution in [2.45, 2.75) is 64.7 Å². The highest BCUT2D eigenvalue weighted by molar-refractivity contribution is 14.1. The maximum atomic E-state index is 13.0. The topological polar surface area (TPSA) is 17.1 Å². The molecule has 0 fully saturated rings. The van der Waals surface area contributed by atoms with E-state index >= 15 is 0 Å². The predicted molar refractivity (Wildman–Crippen MR) is 90.7 cm³/mol. The minimum atomic E-state index is -0.280. The smallest absolute Gasteiger partial charge is 0.163 e. The molecule has 0 heterocycles. The Labute approximate surface area is 135 Å². The summed E-state index contributed by atoms with van der Waals surface area (Å²) in [4.78, 5) is 12.0. The zero-order valence-electron chi connectivity index (χ0n) is 12.3. The van der Waals surface area contributed by atoms with E-state index in [2.05, 4.69) is 6.92 Å². The number of carbonyl (C=O) groups excluding carboxylic acids is 1. The number of hydrogen-bond acceptors (Lipinski definition) is 1. The molecule has 0 aliphatic carbocycles. The lowest BCUT2D eigenvalue weighted by Gasteiger charge is -2.04. The molecule has 1 aromatic carbocycles. The van der Waals surface area contributed by atoms with Crippen molar-refractivity contribution in [3.05, 3.63) is 33.1 Å². The van der Waals surface area contributed by atoms with Gasteiger partial charge in [-0.1, -0.05) is 51.9 Å². The Morgan fingerprint density at radius 3 is 2.25 bits per heavy atom. The molecular weight excluding hydrogens is 366 g/mol. The summed E-state index contributed by atoms with van der Waals surface area (Å²) in [5, 5.41) is 0. The van der Waals surface area contributed by atoms with Gasteiger partial charge in [-0.2, -0.15) is 0 Å². The summed E-state index contributed by atoms with van der Waals surface area (Å²) >= 11 is 2.03. The summed E-state index contributed by atoms with van der Waals surface area (Å²) in [6.07, 6.45) is 10.4. The molecule has 0 aliphatic rings. The Balaban J connectivity index is 2.17. The molecule has 0 unspecified atom stereocenters. The zero-order chi connectivity index (χ0) is 14.8. The maximum Gasteiger partial charge on any atom is 0.163 e. The number of halogens is 2. The third-order valence-corrected chi connectivity index (χ3v) is 4.38. The molecule has 0 spiro atoms. The largest absolute Gasteiger partial charge is 0.294 e. The van der Waals surface area contributed by atoms with Crippen LogP contribution in [0.1, 0.15) is 75.1 Å². The summed E-state index contributed by atoms with van der Waals surface area (Å²) in [7, 11) is 0. The van der Waals surface area contributed by atoms with Crippen molar-refractivity contribution in [3.8, 4) is 0 Å². The first-order valence-electron chi connectivity index (χ1n) is 7.63. The molecule has 0 N–H and O–H groups in total. The van der Waals surface area contributed by atoms with Crippen LogP contribution in [0, 0.1) is 9.39 Å². The summed E-state index contributed by atoms with van der Waals surface area (Å²) < 4.78 is 13.7. The Hall–Kier alpha value is -0.450. The molecule has 0 aliphatic heterocycles. The summed E-state index contributed by atoms with van der Waals surface area (Å²) in [6.45, 7) is 2.22. The second-order valence-electron chi connectivity index (χ2n) is 5.27. The van der Waals surface area contributed by atoms with E-state index in [0.29, 0.717) is 15.6 Å². The van der Waals surface area contributed by atoms with Crippen LogP contribution in [0.25, 0.3) is 0 Å². The van der Waals surface area contributed by atoms with Crippen LogP contribution in [0.2, 0.25) is 0 Å². The van der Waals surface area contributed by atoms with Crippen molar-refractivity contribution in [1.82, 2.24) is 0 Å². The van der Waals surface area contributed by atoms with Gasteiger partial charge in [-0.3, -0.25) is 4.79 Å². The molecule has 1 aromatic rings.